The van der Waals surface area contributed by atoms with Gasteiger partial charge in [-0.2, -0.15) is 4.31 Å². The van der Waals surface area contributed by atoms with Crippen LogP contribution in [0.5, 0.6) is 5.75 Å². The van der Waals surface area contributed by atoms with Crippen LogP contribution in [0.3, 0.4) is 0 Å². The summed E-state index contributed by atoms with van der Waals surface area (Å²) in [6, 6.07) is 4.79. The van der Waals surface area contributed by atoms with Crippen LogP contribution >= 0.6 is 15.9 Å². The summed E-state index contributed by atoms with van der Waals surface area (Å²) in [5.41, 5.74) is 0. The monoisotopic (exact) mass is 376 g/mol. The molecule has 1 fully saturated rings. The Bertz CT molecular complexity index is 648. The van der Waals surface area contributed by atoms with Gasteiger partial charge in [0, 0.05) is 24.6 Å². The lowest BCUT2D eigenvalue weighted by Gasteiger charge is -2.21. The number of benzene rings is 1. The minimum atomic E-state index is -3.78. The number of hydrogen-bond donors (Lipinski definition) is 0. The molecule has 1 aliphatic heterocycles. The van der Waals surface area contributed by atoms with Gasteiger partial charge in [-0.1, -0.05) is 15.9 Å². The highest BCUT2D eigenvalue weighted by atomic mass is 79.9. The average Bonchev–Trinajstić information content (AvgIpc) is 2.61. The molecule has 0 aliphatic carbocycles. The Balaban J connectivity index is 2.42. The van der Waals surface area contributed by atoms with E-state index in [2.05, 4.69) is 15.9 Å². The van der Waals surface area contributed by atoms with E-state index in [4.69, 9.17) is 4.74 Å². The zero-order valence-corrected chi connectivity index (χ0v) is 14.3. The number of methoxy groups -OCH3 is 1. The molecule has 8 heteroatoms. The molecule has 1 aromatic rings. The highest BCUT2D eigenvalue weighted by Crippen LogP contribution is 2.30. The first-order valence-electron chi connectivity index (χ1n) is 6.44. The van der Waals surface area contributed by atoms with Gasteiger partial charge in [-0.3, -0.25) is 4.79 Å². The van der Waals surface area contributed by atoms with Crippen molar-refractivity contribution in [2.45, 2.75) is 11.3 Å². The van der Waals surface area contributed by atoms with Crippen LogP contribution in [-0.2, 0) is 14.8 Å². The summed E-state index contributed by atoms with van der Waals surface area (Å²) in [4.78, 5) is 13.5. The number of rotatable bonds is 3. The second-order valence-electron chi connectivity index (χ2n) is 4.80. The fourth-order valence-electron chi connectivity index (χ4n) is 2.16. The lowest BCUT2D eigenvalue weighted by Crippen LogP contribution is -2.38. The quantitative estimate of drug-likeness (QED) is 0.797. The normalized spacial score (nSPS) is 17.7. The standard InChI is InChI=1S/C13H17BrN2O4S/c1-15-6-3-7-16(9-13(15)17)21(18,19)12-8-10(14)4-5-11(12)20-2/h4-5,8H,3,6-7,9H2,1-2H3. The molecule has 2 rings (SSSR count). The molecule has 0 radical (unpaired) electrons. The van der Waals surface area contributed by atoms with Gasteiger partial charge in [0.1, 0.15) is 10.6 Å². The first-order valence-corrected chi connectivity index (χ1v) is 8.67. The van der Waals surface area contributed by atoms with E-state index < -0.39 is 10.0 Å². The molecule has 1 amide bonds. The number of carbonyl (C=O) groups excluding carboxylic acids is 1. The van der Waals surface area contributed by atoms with Crippen molar-refractivity contribution in [2.75, 3.05) is 33.8 Å². The van der Waals surface area contributed by atoms with E-state index in [0.29, 0.717) is 24.0 Å². The van der Waals surface area contributed by atoms with Crippen LogP contribution in [0.25, 0.3) is 0 Å². The third kappa shape index (κ3) is 3.38. The first kappa shape index (κ1) is 16.3. The fourth-order valence-corrected chi connectivity index (χ4v) is 4.28. The summed E-state index contributed by atoms with van der Waals surface area (Å²) in [7, 11) is -0.677. The second kappa shape index (κ2) is 6.33. The van der Waals surface area contributed by atoms with Gasteiger partial charge in [0.25, 0.3) is 0 Å². The van der Waals surface area contributed by atoms with Crippen LogP contribution in [0, 0.1) is 0 Å². The van der Waals surface area contributed by atoms with Gasteiger partial charge in [0.05, 0.1) is 13.7 Å². The third-order valence-electron chi connectivity index (χ3n) is 3.38. The molecule has 116 valence electrons. The predicted octanol–water partition coefficient (Wildman–Crippen LogP) is 1.31. The minimum Gasteiger partial charge on any atom is -0.495 e. The SMILES string of the molecule is COc1ccc(Br)cc1S(=O)(=O)N1CCCN(C)C(=O)C1. The summed E-state index contributed by atoms with van der Waals surface area (Å²) < 4.78 is 32.5. The molecule has 0 unspecified atom stereocenters. The lowest BCUT2D eigenvalue weighted by molar-refractivity contribution is -0.129. The van der Waals surface area contributed by atoms with Crippen LogP contribution < -0.4 is 4.74 Å². The smallest absolute Gasteiger partial charge is 0.247 e. The molecular weight excluding hydrogens is 360 g/mol. The Morgan fingerprint density at radius 1 is 1.29 bits per heavy atom. The average molecular weight is 377 g/mol. The maximum absolute atomic E-state index is 12.8. The molecular formula is C13H17BrN2O4S. The molecule has 21 heavy (non-hydrogen) atoms. The summed E-state index contributed by atoms with van der Waals surface area (Å²) >= 11 is 3.27. The number of ether oxygens (including phenoxy) is 1. The predicted molar refractivity (Wildman–Crippen MR) is 81.7 cm³/mol. The maximum Gasteiger partial charge on any atom is 0.247 e. The number of likely N-dealkylation sites (N-methyl/N-ethyl adjacent to an activating group) is 1. The number of halogens is 1. The van der Waals surface area contributed by atoms with Gasteiger partial charge in [-0.05, 0) is 24.6 Å². The molecule has 0 spiro atoms. The number of carbonyl (C=O) groups is 1. The zero-order valence-electron chi connectivity index (χ0n) is 11.9. The largest absolute Gasteiger partial charge is 0.495 e. The summed E-state index contributed by atoms with van der Waals surface area (Å²) in [6.45, 7) is 0.725. The van der Waals surface area contributed by atoms with Crippen molar-refractivity contribution in [1.29, 1.82) is 0 Å². The van der Waals surface area contributed by atoms with Gasteiger partial charge in [0.15, 0.2) is 0 Å². The number of sulfonamides is 1. The van der Waals surface area contributed by atoms with E-state index in [1.54, 1.807) is 24.1 Å². The zero-order chi connectivity index (χ0) is 15.6. The van der Waals surface area contributed by atoms with Crippen LogP contribution in [-0.4, -0.2) is 57.3 Å². The Kier molecular flexibility index (Phi) is 4.90. The molecule has 1 aliphatic rings. The van der Waals surface area contributed by atoms with Gasteiger partial charge < -0.3 is 9.64 Å². The molecule has 0 saturated carbocycles. The minimum absolute atomic E-state index is 0.0664. The molecule has 6 nitrogen and oxygen atoms in total. The fraction of sp³-hybridized carbons (Fsp3) is 0.462. The van der Waals surface area contributed by atoms with Crippen LogP contribution in [0.15, 0.2) is 27.6 Å². The third-order valence-corrected chi connectivity index (χ3v) is 5.74. The van der Waals surface area contributed by atoms with Crippen LogP contribution in [0.2, 0.25) is 0 Å². The molecule has 0 atom stereocenters. The number of hydrogen-bond acceptors (Lipinski definition) is 4. The van der Waals surface area contributed by atoms with Crippen molar-refractivity contribution in [1.82, 2.24) is 9.21 Å². The van der Waals surface area contributed by atoms with Crippen LogP contribution in [0.1, 0.15) is 6.42 Å². The Morgan fingerprint density at radius 2 is 2.00 bits per heavy atom. The maximum atomic E-state index is 12.8. The Hall–Kier alpha value is -1.12. The number of amides is 1. The van der Waals surface area contributed by atoms with Gasteiger partial charge in [-0.25, -0.2) is 8.42 Å². The highest BCUT2D eigenvalue weighted by Gasteiger charge is 2.32. The molecule has 0 aromatic heterocycles. The van der Waals surface area contributed by atoms with Crippen molar-refractivity contribution >= 4 is 31.9 Å². The number of nitrogens with zero attached hydrogens (tertiary/aromatic N) is 2. The van der Waals surface area contributed by atoms with Gasteiger partial charge in [-0.15, -0.1) is 0 Å². The van der Waals surface area contributed by atoms with Crippen molar-refractivity contribution < 1.29 is 17.9 Å². The molecule has 1 aromatic carbocycles. The van der Waals surface area contributed by atoms with Crippen molar-refractivity contribution in [3.05, 3.63) is 22.7 Å². The summed E-state index contributed by atoms with van der Waals surface area (Å²) in [5, 5.41) is 0. The Morgan fingerprint density at radius 3 is 2.67 bits per heavy atom. The van der Waals surface area contributed by atoms with Crippen molar-refractivity contribution in [3.63, 3.8) is 0 Å². The molecule has 0 bridgehead atoms. The van der Waals surface area contributed by atoms with E-state index in [1.807, 2.05) is 0 Å². The van der Waals surface area contributed by atoms with Crippen molar-refractivity contribution in [3.8, 4) is 5.75 Å². The molecule has 1 heterocycles. The molecule has 0 N–H and O–H groups in total. The van der Waals surface area contributed by atoms with Gasteiger partial charge in [0.2, 0.25) is 15.9 Å². The van der Waals surface area contributed by atoms with E-state index in [9.17, 15) is 13.2 Å². The Labute approximate surface area is 132 Å². The lowest BCUT2D eigenvalue weighted by atomic mass is 10.3. The second-order valence-corrected chi connectivity index (χ2v) is 7.62. The summed E-state index contributed by atoms with van der Waals surface area (Å²) in [5.74, 6) is 0.0632. The van der Waals surface area contributed by atoms with Crippen LogP contribution in [0.4, 0.5) is 0 Å². The van der Waals surface area contributed by atoms with E-state index in [0.717, 1.165) is 0 Å². The van der Waals surface area contributed by atoms with Crippen molar-refractivity contribution in [2.24, 2.45) is 0 Å². The highest BCUT2D eigenvalue weighted by molar-refractivity contribution is 9.10. The van der Waals surface area contributed by atoms with E-state index in [1.165, 1.54) is 17.5 Å². The summed E-state index contributed by atoms with van der Waals surface area (Å²) in [6.07, 6.45) is 0.609. The van der Waals surface area contributed by atoms with E-state index >= 15 is 0 Å². The van der Waals surface area contributed by atoms with E-state index in [-0.39, 0.29) is 23.1 Å². The molecule has 1 saturated heterocycles. The topological polar surface area (TPSA) is 66.9 Å². The first-order chi connectivity index (χ1) is 9.86. The van der Waals surface area contributed by atoms with Gasteiger partial charge >= 0.3 is 0 Å².